The summed E-state index contributed by atoms with van der Waals surface area (Å²) in [5.74, 6) is 1.34. The monoisotopic (exact) mass is 509 g/mol. The van der Waals surface area contributed by atoms with Crippen LogP contribution in [0.5, 0.6) is 0 Å². The summed E-state index contributed by atoms with van der Waals surface area (Å²) in [6, 6.07) is 15.0. The molecule has 1 unspecified atom stereocenters. The van der Waals surface area contributed by atoms with Crippen LogP contribution >= 0.6 is 11.3 Å². The topological polar surface area (TPSA) is 112 Å². The highest BCUT2D eigenvalue weighted by molar-refractivity contribution is 7.10. The average molecular weight is 510 g/mol. The summed E-state index contributed by atoms with van der Waals surface area (Å²) in [5, 5.41) is 6.93. The van der Waals surface area contributed by atoms with Gasteiger partial charge in [-0.05, 0) is 56.2 Å². The number of aromatic nitrogens is 5. The first-order chi connectivity index (χ1) is 18.0. The Balaban J connectivity index is 1.67. The van der Waals surface area contributed by atoms with Gasteiger partial charge in [0.15, 0.2) is 0 Å². The van der Waals surface area contributed by atoms with E-state index in [-0.39, 0.29) is 17.5 Å². The van der Waals surface area contributed by atoms with Gasteiger partial charge in [0.2, 0.25) is 5.95 Å². The number of nitrogen functional groups attached to an aromatic ring is 1. The smallest absolute Gasteiger partial charge is 0.266 e. The van der Waals surface area contributed by atoms with Gasteiger partial charge < -0.3 is 11.1 Å². The van der Waals surface area contributed by atoms with Crippen molar-refractivity contribution in [1.29, 1.82) is 0 Å². The van der Waals surface area contributed by atoms with Crippen LogP contribution in [-0.4, -0.2) is 24.5 Å². The van der Waals surface area contributed by atoms with Gasteiger partial charge >= 0.3 is 0 Å². The van der Waals surface area contributed by atoms with Crippen LogP contribution < -0.4 is 16.6 Å². The molecular weight excluding hydrogens is 482 g/mol. The van der Waals surface area contributed by atoms with Crippen LogP contribution in [0.25, 0.3) is 28.7 Å². The predicted octanol–water partition coefficient (Wildman–Crippen LogP) is 5.56. The third-order valence-electron chi connectivity index (χ3n) is 6.17. The third kappa shape index (κ3) is 4.85. The molecule has 0 saturated heterocycles. The first-order valence-corrected chi connectivity index (χ1v) is 12.9. The number of benzene rings is 2. The molecule has 3 aromatic heterocycles. The molecule has 1 atom stereocenters. The zero-order valence-electron chi connectivity index (χ0n) is 20.8. The lowest BCUT2D eigenvalue weighted by molar-refractivity contribution is 0.658. The molecule has 3 N–H and O–H groups in total. The Morgan fingerprint density at radius 1 is 1.05 bits per heavy atom. The molecule has 186 valence electrons. The molecule has 0 amide bonds. The first kappa shape index (κ1) is 24.3. The second kappa shape index (κ2) is 10.3. The normalized spacial score (nSPS) is 12.3. The largest absolute Gasteiger partial charge is 0.368 e. The van der Waals surface area contributed by atoms with Crippen molar-refractivity contribution in [3.63, 3.8) is 0 Å². The van der Waals surface area contributed by atoms with Crippen molar-refractivity contribution in [1.82, 2.24) is 24.5 Å². The van der Waals surface area contributed by atoms with Gasteiger partial charge in [-0.2, -0.15) is 4.98 Å². The van der Waals surface area contributed by atoms with Crippen molar-refractivity contribution >= 4 is 46.2 Å². The number of rotatable bonds is 7. The zero-order chi connectivity index (χ0) is 25.9. The number of hydrogen-bond donors (Lipinski definition) is 2. The van der Waals surface area contributed by atoms with Crippen LogP contribution in [0.3, 0.4) is 0 Å². The summed E-state index contributed by atoms with van der Waals surface area (Å²) >= 11 is 1.54. The third-order valence-corrected chi connectivity index (χ3v) is 6.92. The van der Waals surface area contributed by atoms with Crippen molar-refractivity contribution in [2.45, 2.75) is 33.2 Å². The highest BCUT2D eigenvalue weighted by atomic mass is 32.1. The fourth-order valence-corrected chi connectivity index (χ4v) is 4.90. The molecule has 0 aliphatic heterocycles. The number of fused-ring (bicyclic) bond motifs is 1. The van der Waals surface area contributed by atoms with Gasteiger partial charge in [0, 0.05) is 17.1 Å². The number of nitrogens with one attached hydrogen (secondary N) is 1. The van der Waals surface area contributed by atoms with E-state index in [0.717, 1.165) is 27.5 Å². The lowest BCUT2D eigenvalue weighted by Gasteiger charge is -2.23. The van der Waals surface area contributed by atoms with Gasteiger partial charge in [-0.1, -0.05) is 37.3 Å². The Bertz CT molecular complexity index is 1640. The molecule has 0 spiro atoms. The molecule has 5 rings (SSSR count). The minimum Gasteiger partial charge on any atom is -0.368 e. The van der Waals surface area contributed by atoms with E-state index >= 15 is 0 Å². The molecule has 0 fully saturated rings. The van der Waals surface area contributed by atoms with E-state index in [1.807, 2.05) is 86.8 Å². The molecular formula is C28H27N7OS. The van der Waals surface area contributed by atoms with E-state index in [4.69, 9.17) is 10.7 Å². The number of thiazole rings is 1. The number of hydrogen-bond acceptors (Lipinski definition) is 8. The maximum Gasteiger partial charge on any atom is 0.266 e. The van der Waals surface area contributed by atoms with Crippen LogP contribution in [0.2, 0.25) is 0 Å². The molecule has 3 heterocycles. The van der Waals surface area contributed by atoms with Crippen LogP contribution in [0, 0.1) is 13.8 Å². The molecule has 0 aliphatic carbocycles. The van der Waals surface area contributed by atoms with Gasteiger partial charge in [0.25, 0.3) is 5.56 Å². The highest BCUT2D eigenvalue weighted by Gasteiger charge is 2.22. The standard InChI is InChI=1S/C28H27N7OS/c1-4-21(32-25-20(18(3)31-28(29)34-25)13-14-23-30-15-16-37-23)26-33-22-12-8-9-17(2)24(22)27(36)35(26)19-10-6-5-7-11-19/h5-16,21H,4H2,1-3H3,(H3,29,31,32,34). The number of aryl methyl sites for hydroxylation is 2. The summed E-state index contributed by atoms with van der Waals surface area (Å²) in [5.41, 5.74) is 9.78. The quantitative estimate of drug-likeness (QED) is 0.295. The molecule has 37 heavy (non-hydrogen) atoms. The summed E-state index contributed by atoms with van der Waals surface area (Å²) in [6.07, 6.45) is 6.27. The summed E-state index contributed by atoms with van der Waals surface area (Å²) in [7, 11) is 0. The highest BCUT2D eigenvalue weighted by Crippen LogP contribution is 2.28. The molecule has 0 aliphatic rings. The summed E-state index contributed by atoms with van der Waals surface area (Å²) < 4.78 is 1.69. The second-order valence-corrected chi connectivity index (χ2v) is 9.58. The van der Waals surface area contributed by atoms with E-state index in [0.29, 0.717) is 29.0 Å². The molecule has 9 heteroatoms. The number of anilines is 2. The number of nitrogens with zero attached hydrogens (tertiary/aromatic N) is 5. The van der Waals surface area contributed by atoms with Crippen molar-refractivity contribution < 1.29 is 0 Å². The maximum atomic E-state index is 13.9. The molecule has 0 radical (unpaired) electrons. The van der Waals surface area contributed by atoms with Gasteiger partial charge in [-0.3, -0.25) is 9.36 Å². The maximum absolute atomic E-state index is 13.9. The van der Waals surface area contributed by atoms with Crippen molar-refractivity contribution in [3.05, 3.63) is 98.1 Å². The Morgan fingerprint density at radius 2 is 1.86 bits per heavy atom. The Labute approximate surface area is 218 Å². The minimum atomic E-state index is -0.335. The van der Waals surface area contributed by atoms with Gasteiger partial charge in [0.1, 0.15) is 16.6 Å². The molecule has 0 saturated carbocycles. The van der Waals surface area contributed by atoms with E-state index in [2.05, 4.69) is 20.3 Å². The van der Waals surface area contributed by atoms with Crippen molar-refractivity contribution in [3.8, 4) is 5.69 Å². The first-order valence-electron chi connectivity index (χ1n) is 12.0. The zero-order valence-corrected chi connectivity index (χ0v) is 21.7. The van der Waals surface area contributed by atoms with E-state index in [9.17, 15) is 4.79 Å². The van der Waals surface area contributed by atoms with Gasteiger partial charge in [-0.15, -0.1) is 11.3 Å². The Hall–Kier alpha value is -4.37. The van der Waals surface area contributed by atoms with E-state index < -0.39 is 0 Å². The Kier molecular flexibility index (Phi) is 6.78. The second-order valence-electron chi connectivity index (χ2n) is 8.65. The van der Waals surface area contributed by atoms with Crippen LogP contribution in [0.15, 0.2) is 64.9 Å². The lowest BCUT2D eigenvalue weighted by Crippen LogP contribution is -2.29. The van der Waals surface area contributed by atoms with Gasteiger partial charge in [-0.25, -0.2) is 15.0 Å². The SMILES string of the molecule is CCC(Nc1nc(N)nc(C)c1C=Cc1nccs1)c1nc2cccc(C)c2c(=O)n1-c1ccccc1. The number of para-hydroxylation sites is 1. The van der Waals surface area contributed by atoms with Gasteiger partial charge in [0.05, 0.1) is 28.3 Å². The van der Waals surface area contributed by atoms with Crippen molar-refractivity contribution in [2.24, 2.45) is 0 Å². The van der Waals surface area contributed by atoms with Crippen molar-refractivity contribution in [2.75, 3.05) is 11.1 Å². The van der Waals surface area contributed by atoms with Crippen LogP contribution in [0.4, 0.5) is 11.8 Å². The fraction of sp³-hybridized carbons (Fsp3) is 0.179. The summed E-state index contributed by atoms with van der Waals surface area (Å²) in [6.45, 7) is 5.87. The Morgan fingerprint density at radius 3 is 2.59 bits per heavy atom. The van der Waals surface area contributed by atoms with E-state index in [1.165, 1.54) is 0 Å². The van der Waals surface area contributed by atoms with Crippen LogP contribution in [0.1, 0.15) is 47.0 Å². The minimum absolute atomic E-state index is 0.105. The summed E-state index contributed by atoms with van der Waals surface area (Å²) in [4.78, 5) is 32.1. The van der Waals surface area contributed by atoms with E-state index in [1.54, 1.807) is 22.1 Å². The fourth-order valence-electron chi connectivity index (χ4n) is 4.37. The lowest BCUT2D eigenvalue weighted by atomic mass is 10.1. The molecule has 5 aromatic rings. The number of nitrogens with two attached hydrogens (primary N) is 1. The van der Waals surface area contributed by atoms with Crippen LogP contribution in [-0.2, 0) is 0 Å². The average Bonchev–Trinajstić information content (AvgIpc) is 3.40. The predicted molar refractivity (Wildman–Crippen MR) is 151 cm³/mol. The molecule has 8 nitrogen and oxygen atoms in total. The molecule has 0 bridgehead atoms. The molecule has 2 aromatic carbocycles.